The van der Waals surface area contributed by atoms with Crippen LogP contribution in [0.4, 0.5) is 5.82 Å². The zero-order valence-electron chi connectivity index (χ0n) is 12.4. The first-order valence-corrected chi connectivity index (χ1v) is 6.75. The van der Waals surface area contributed by atoms with E-state index in [1.807, 2.05) is 34.6 Å². The summed E-state index contributed by atoms with van der Waals surface area (Å²) in [6, 6.07) is 1.80. The molecule has 19 heavy (non-hydrogen) atoms. The first-order chi connectivity index (χ1) is 8.71. The molecule has 0 saturated carbocycles. The van der Waals surface area contributed by atoms with E-state index >= 15 is 0 Å². The minimum Gasteiger partial charge on any atom is -0.359 e. The number of likely N-dealkylation sites (tertiary alicyclic amines) is 1. The molecule has 0 spiro atoms. The topological polar surface area (TPSA) is 58.4 Å². The third-order valence-electron chi connectivity index (χ3n) is 3.69. The Bertz CT molecular complexity index is 467. The lowest BCUT2D eigenvalue weighted by molar-refractivity contribution is -0.128. The first-order valence-electron chi connectivity index (χ1n) is 6.75. The van der Waals surface area contributed by atoms with Crippen LogP contribution in [-0.2, 0) is 10.2 Å². The van der Waals surface area contributed by atoms with E-state index in [9.17, 15) is 4.79 Å². The molecule has 0 unspecified atom stereocenters. The summed E-state index contributed by atoms with van der Waals surface area (Å²) in [5.74, 6) is 1.22. The number of anilines is 1. The highest BCUT2D eigenvalue weighted by Crippen LogP contribution is 2.26. The van der Waals surface area contributed by atoms with Crippen molar-refractivity contribution in [2.75, 3.05) is 18.4 Å². The SMILES string of the molecule is CC(C)(C)c1cc(NC(=O)C(C)(C)N2CCC2)no1. The van der Waals surface area contributed by atoms with E-state index < -0.39 is 5.54 Å². The molecule has 0 atom stereocenters. The van der Waals surface area contributed by atoms with Crippen molar-refractivity contribution >= 4 is 11.7 Å². The highest BCUT2D eigenvalue weighted by Gasteiger charge is 2.38. The maximum Gasteiger partial charge on any atom is 0.245 e. The summed E-state index contributed by atoms with van der Waals surface area (Å²) >= 11 is 0. The number of carbonyl (C=O) groups is 1. The highest BCUT2D eigenvalue weighted by atomic mass is 16.5. The van der Waals surface area contributed by atoms with Crippen molar-refractivity contribution in [1.82, 2.24) is 10.1 Å². The third kappa shape index (κ3) is 2.81. The van der Waals surface area contributed by atoms with Gasteiger partial charge in [-0.3, -0.25) is 9.69 Å². The van der Waals surface area contributed by atoms with Gasteiger partial charge in [-0.2, -0.15) is 0 Å². The lowest BCUT2D eigenvalue weighted by Gasteiger charge is -2.43. The number of nitrogens with zero attached hydrogens (tertiary/aromatic N) is 2. The first kappa shape index (κ1) is 14.1. The van der Waals surface area contributed by atoms with E-state index in [4.69, 9.17) is 4.52 Å². The maximum absolute atomic E-state index is 12.3. The highest BCUT2D eigenvalue weighted by molar-refractivity contribution is 5.96. The Morgan fingerprint density at radius 1 is 1.32 bits per heavy atom. The van der Waals surface area contributed by atoms with E-state index in [0.29, 0.717) is 5.82 Å². The van der Waals surface area contributed by atoms with Crippen LogP contribution in [-0.4, -0.2) is 34.6 Å². The fourth-order valence-electron chi connectivity index (χ4n) is 1.98. The van der Waals surface area contributed by atoms with Crippen molar-refractivity contribution in [1.29, 1.82) is 0 Å². The summed E-state index contributed by atoms with van der Waals surface area (Å²) in [6.45, 7) is 12.0. The van der Waals surface area contributed by atoms with Gasteiger partial charge in [0, 0.05) is 24.6 Å². The summed E-state index contributed by atoms with van der Waals surface area (Å²) in [5.41, 5.74) is -0.609. The molecule has 5 nitrogen and oxygen atoms in total. The van der Waals surface area contributed by atoms with Gasteiger partial charge >= 0.3 is 0 Å². The number of hydrogen-bond donors (Lipinski definition) is 1. The summed E-state index contributed by atoms with van der Waals surface area (Å²) in [4.78, 5) is 14.5. The second-order valence-corrected chi connectivity index (χ2v) is 6.68. The van der Waals surface area contributed by atoms with Crippen molar-refractivity contribution in [3.05, 3.63) is 11.8 Å². The van der Waals surface area contributed by atoms with Gasteiger partial charge in [0.2, 0.25) is 5.91 Å². The maximum atomic E-state index is 12.3. The molecule has 0 radical (unpaired) electrons. The van der Waals surface area contributed by atoms with Gasteiger partial charge in [0.15, 0.2) is 5.82 Å². The molecule has 1 aliphatic rings. The van der Waals surface area contributed by atoms with Crippen LogP contribution < -0.4 is 5.32 Å². The van der Waals surface area contributed by atoms with E-state index in [1.54, 1.807) is 6.07 Å². The van der Waals surface area contributed by atoms with Gasteiger partial charge in [-0.05, 0) is 20.3 Å². The molecule has 2 heterocycles. The molecule has 1 aromatic rings. The number of amides is 1. The minimum absolute atomic E-state index is 0.0408. The predicted octanol–water partition coefficient (Wildman–Crippen LogP) is 2.39. The Balaban J connectivity index is 2.04. The molecule has 1 amide bonds. The molecular weight excluding hydrogens is 242 g/mol. The Morgan fingerprint density at radius 2 is 1.95 bits per heavy atom. The van der Waals surface area contributed by atoms with Crippen molar-refractivity contribution < 1.29 is 9.32 Å². The standard InChI is InChI=1S/C14H23N3O2/c1-13(2,3)10-9-11(16-19-10)15-12(18)14(4,5)17-7-6-8-17/h9H,6-8H2,1-5H3,(H,15,16,18). The van der Waals surface area contributed by atoms with Crippen molar-refractivity contribution in [2.24, 2.45) is 0 Å². The van der Waals surface area contributed by atoms with Crippen LogP contribution in [0.15, 0.2) is 10.6 Å². The Morgan fingerprint density at radius 3 is 2.37 bits per heavy atom. The van der Waals surface area contributed by atoms with Crippen LogP contribution in [0.5, 0.6) is 0 Å². The number of aromatic nitrogens is 1. The van der Waals surface area contributed by atoms with Crippen LogP contribution in [0.2, 0.25) is 0 Å². The van der Waals surface area contributed by atoms with E-state index in [-0.39, 0.29) is 11.3 Å². The second-order valence-electron chi connectivity index (χ2n) is 6.68. The van der Waals surface area contributed by atoms with Gasteiger partial charge in [-0.25, -0.2) is 0 Å². The van der Waals surface area contributed by atoms with Crippen molar-refractivity contribution in [3.8, 4) is 0 Å². The lowest BCUT2D eigenvalue weighted by Crippen LogP contribution is -2.58. The Kier molecular flexibility index (Phi) is 3.43. The largest absolute Gasteiger partial charge is 0.359 e. The molecule has 1 aromatic heterocycles. The van der Waals surface area contributed by atoms with Crippen molar-refractivity contribution in [2.45, 2.75) is 52.0 Å². The number of hydrogen-bond acceptors (Lipinski definition) is 4. The monoisotopic (exact) mass is 265 g/mol. The smallest absolute Gasteiger partial charge is 0.245 e. The molecule has 0 aromatic carbocycles. The quantitative estimate of drug-likeness (QED) is 0.911. The predicted molar refractivity (Wildman–Crippen MR) is 74.1 cm³/mol. The van der Waals surface area contributed by atoms with E-state index in [2.05, 4.69) is 15.4 Å². The van der Waals surface area contributed by atoms with Gasteiger partial charge in [0.25, 0.3) is 0 Å². The van der Waals surface area contributed by atoms with Gasteiger partial charge in [0.1, 0.15) is 5.76 Å². The molecule has 0 aliphatic carbocycles. The molecule has 1 aliphatic heterocycles. The molecule has 1 N–H and O–H groups in total. The number of carbonyl (C=O) groups excluding carboxylic acids is 1. The zero-order chi connectivity index (χ0) is 14.3. The number of nitrogens with one attached hydrogen (secondary N) is 1. The number of rotatable bonds is 3. The summed E-state index contributed by atoms with van der Waals surface area (Å²) in [7, 11) is 0. The second kappa shape index (κ2) is 4.63. The molecule has 1 saturated heterocycles. The lowest BCUT2D eigenvalue weighted by atomic mass is 9.93. The molecule has 1 fully saturated rings. The Hall–Kier alpha value is -1.36. The Labute approximate surface area is 114 Å². The van der Waals surface area contributed by atoms with Gasteiger partial charge in [0.05, 0.1) is 5.54 Å². The fraction of sp³-hybridized carbons (Fsp3) is 0.714. The normalized spacial score (nSPS) is 17.1. The van der Waals surface area contributed by atoms with E-state index in [1.165, 1.54) is 0 Å². The molecular formula is C14H23N3O2. The van der Waals surface area contributed by atoms with Crippen LogP contribution in [0, 0.1) is 0 Å². The summed E-state index contributed by atoms with van der Waals surface area (Å²) in [5, 5.41) is 6.75. The van der Waals surface area contributed by atoms with E-state index in [0.717, 1.165) is 25.3 Å². The van der Waals surface area contributed by atoms with Crippen LogP contribution >= 0.6 is 0 Å². The van der Waals surface area contributed by atoms with Gasteiger partial charge < -0.3 is 9.84 Å². The van der Waals surface area contributed by atoms with Gasteiger partial charge in [-0.15, -0.1) is 0 Å². The zero-order valence-corrected chi connectivity index (χ0v) is 12.4. The molecule has 0 bridgehead atoms. The van der Waals surface area contributed by atoms with Crippen molar-refractivity contribution in [3.63, 3.8) is 0 Å². The summed E-state index contributed by atoms with van der Waals surface area (Å²) in [6.07, 6.45) is 1.16. The fourth-order valence-corrected chi connectivity index (χ4v) is 1.98. The molecule has 106 valence electrons. The minimum atomic E-state index is -0.501. The summed E-state index contributed by atoms with van der Waals surface area (Å²) < 4.78 is 5.27. The van der Waals surface area contributed by atoms with Crippen LogP contribution in [0.3, 0.4) is 0 Å². The average molecular weight is 265 g/mol. The third-order valence-corrected chi connectivity index (χ3v) is 3.69. The average Bonchev–Trinajstić information content (AvgIpc) is 2.61. The van der Waals surface area contributed by atoms with Gasteiger partial charge in [-0.1, -0.05) is 25.9 Å². The van der Waals surface area contributed by atoms with Crippen LogP contribution in [0.1, 0.15) is 46.8 Å². The molecule has 5 heteroatoms. The van der Waals surface area contributed by atoms with Crippen LogP contribution in [0.25, 0.3) is 0 Å². The molecule has 2 rings (SSSR count).